The molecule has 0 bridgehead atoms. The molecular formula is C12H21N3O. The molecule has 1 atom stereocenters. The average molecular weight is 223 g/mol. The van der Waals surface area contributed by atoms with E-state index in [1.807, 2.05) is 6.92 Å². The van der Waals surface area contributed by atoms with Crippen molar-refractivity contribution in [2.24, 2.45) is 5.92 Å². The Morgan fingerprint density at radius 2 is 2.12 bits per heavy atom. The minimum absolute atomic E-state index is 0.555. The van der Waals surface area contributed by atoms with Crippen molar-refractivity contribution in [1.82, 2.24) is 15.5 Å². The first-order chi connectivity index (χ1) is 7.75. The van der Waals surface area contributed by atoms with Crippen LogP contribution in [0.5, 0.6) is 0 Å². The number of aryl methyl sites for hydroxylation is 1. The van der Waals surface area contributed by atoms with E-state index in [0.29, 0.717) is 11.9 Å². The van der Waals surface area contributed by atoms with E-state index in [9.17, 15) is 0 Å². The van der Waals surface area contributed by atoms with E-state index in [4.69, 9.17) is 4.52 Å². The molecule has 0 amide bonds. The molecule has 1 aromatic rings. The Hall–Kier alpha value is -0.900. The van der Waals surface area contributed by atoms with Gasteiger partial charge in [-0.2, -0.15) is 4.98 Å². The van der Waals surface area contributed by atoms with E-state index in [1.165, 1.54) is 32.1 Å². The van der Waals surface area contributed by atoms with E-state index < -0.39 is 0 Å². The molecule has 1 heterocycles. The second-order valence-electron chi connectivity index (χ2n) is 4.80. The van der Waals surface area contributed by atoms with Crippen LogP contribution in [0.4, 0.5) is 0 Å². The smallest absolute Gasteiger partial charge is 0.223 e. The zero-order valence-electron chi connectivity index (χ0n) is 10.2. The first kappa shape index (κ1) is 11.6. The topological polar surface area (TPSA) is 51.0 Å². The normalized spacial score (nSPS) is 19.9. The molecular weight excluding hydrogens is 202 g/mol. The fraction of sp³-hybridized carbons (Fsp3) is 0.833. The summed E-state index contributed by atoms with van der Waals surface area (Å²) in [5, 5.41) is 7.38. The van der Waals surface area contributed by atoms with Gasteiger partial charge in [0.25, 0.3) is 0 Å². The van der Waals surface area contributed by atoms with Crippen LogP contribution in [0, 0.1) is 12.8 Å². The molecule has 4 heteroatoms. The zero-order valence-corrected chi connectivity index (χ0v) is 10.2. The van der Waals surface area contributed by atoms with Crippen molar-refractivity contribution in [2.75, 3.05) is 0 Å². The van der Waals surface area contributed by atoms with Crippen LogP contribution in [0.1, 0.15) is 50.7 Å². The standard InChI is InChI=1S/C12H21N3O/c1-9(11-6-4-3-5-7-11)13-8-12-14-10(2)16-15-12/h9,11,13H,3-8H2,1-2H3/t9-/m0/s1. The largest absolute Gasteiger partial charge is 0.340 e. The van der Waals surface area contributed by atoms with Gasteiger partial charge < -0.3 is 9.84 Å². The molecule has 0 spiro atoms. The molecule has 1 saturated carbocycles. The van der Waals surface area contributed by atoms with Crippen LogP contribution in [-0.2, 0) is 6.54 Å². The van der Waals surface area contributed by atoms with Gasteiger partial charge in [-0.25, -0.2) is 0 Å². The van der Waals surface area contributed by atoms with Crippen molar-refractivity contribution in [3.05, 3.63) is 11.7 Å². The second-order valence-corrected chi connectivity index (χ2v) is 4.80. The third-order valence-electron chi connectivity index (χ3n) is 3.51. The quantitative estimate of drug-likeness (QED) is 0.851. The Bertz CT molecular complexity index is 318. The molecule has 16 heavy (non-hydrogen) atoms. The lowest BCUT2D eigenvalue weighted by atomic mass is 9.84. The summed E-state index contributed by atoms with van der Waals surface area (Å²) in [6.07, 6.45) is 6.90. The molecule has 1 fully saturated rings. The molecule has 0 aliphatic heterocycles. The third-order valence-corrected chi connectivity index (χ3v) is 3.51. The Labute approximate surface area is 96.8 Å². The van der Waals surface area contributed by atoms with E-state index >= 15 is 0 Å². The highest BCUT2D eigenvalue weighted by atomic mass is 16.5. The molecule has 4 nitrogen and oxygen atoms in total. The molecule has 1 N–H and O–H groups in total. The zero-order chi connectivity index (χ0) is 11.4. The monoisotopic (exact) mass is 223 g/mol. The Morgan fingerprint density at radius 3 is 2.75 bits per heavy atom. The molecule has 0 aromatic carbocycles. The average Bonchev–Trinajstić information content (AvgIpc) is 2.73. The second kappa shape index (κ2) is 5.43. The number of aromatic nitrogens is 2. The van der Waals surface area contributed by atoms with E-state index in [0.717, 1.165) is 18.3 Å². The highest BCUT2D eigenvalue weighted by molar-refractivity contribution is 4.85. The molecule has 0 unspecified atom stereocenters. The maximum atomic E-state index is 4.94. The predicted octanol–water partition coefficient (Wildman–Crippen LogP) is 2.44. The Morgan fingerprint density at radius 1 is 1.38 bits per heavy atom. The van der Waals surface area contributed by atoms with Gasteiger partial charge in [-0.1, -0.05) is 24.4 Å². The highest BCUT2D eigenvalue weighted by Crippen LogP contribution is 2.26. The molecule has 0 radical (unpaired) electrons. The summed E-state index contributed by atoms with van der Waals surface area (Å²) in [5.41, 5.74) is 0. The van der Waals surface area contributed by atoms with Crippen molar-refractivity contribution in [3.8, 4) is 0 Å². The maximum Gasteiger partial charge on any atom is 0.223 e. The van der Waals surface area contributed by atoms with Gasteiger partial charge in [0.1, 0.15) is 0 Å². The van der Waals surface area contributed by atoms with Gasteiger partial charge in [-0.05, 0) is 25.7 Å². The Kier molecular flexibility index (Phi) is 3.93. The predicted molar refractivity (Wildman–Crippen MR) is 61.9 cm³/mol. The lowest BCUT2D eigenvalue weighted by Gasteiger charge is -2.28. The first-order valence-electron chi connectivity index (χ1n) is 6.28. The summed E-state index contributed by atoms with van der Waals surface area (Å²) in [5.74, 6) is 2.23. The van der Waals surface area contributed by atoms with Gasteiger partial charge in [0.15, 0.2) is 5.82 Å². The number of hydrogen-bond donors (Lipinski definition) is 1. The van der Waals surface area contributed by atoms with E-state index in [-0.39, 0.29) is 0 Å². The van der Waals surface area contributed by atoms with Crippen LogP contribution < -0.4 is 5.32 Å². The number of rotatable bonds is 4. The van der Waals surface area contributed by atoms with Crippen LogP contribution in [0.2, 0.25) is 0 Å². The SMILES string of the molecule is Cc1nc(CN[C@@H](C)C2CCCCC2)no1. The highest BCUT2D eigenvalue weighted by Gasteiger charge is 2.19. The lowest BCUT2D eigenvalue weighted by molar-refractivity contribution is 0.278. The summed E-state index contributed by atoms with van der Waals surface area (Å²) < 4.78 is 4.94. The molecule has 90 valence electrons. The van der Waals surface area contributed by atoms with E-state index in [2.05, 4.69) is 22.4 Å². The summed E-state index contributed by atoms with van der Waals surface area (Å²) in [4.78, 5) is 4.19. The third kappa shape index (κ3) is 3.04. The van der Waals surface area contributed by atoms with E-state index in [1.54, 1.807) is 0 Å². The summed E-state index contributed by atoms with van der Waals surface area (Å²) in [6.45, 7) is 4.80. The Balaban J connectivity index is 1.76. The van der Waals surface area contributed by atoms with Crippen LogP contribution in [-0.4, -0.2) is 16.2 Å². The van der Waals surface area contributed by atoms with Gasteiger partial charge in [0.05, 0.1) is 6.54 Å². The van der Waals surface area contributed by atoms with Crippen LogP contribution >= 0.6 is 0 Å². The molecule has 1 aliphatic rings. The minimum atomic E-state index is 0.555. The molecule has 1 aliphatic carbocycles. The van der Waals surface area contributed by atoms with Gasteiger partial charge in [-0.15, -0.1) is 0 Å². The first-order valence-corrected chi connectivity index (χ1v) is 6.28. The van der Waals surface area contributed by atoms with Crippen LogP contribution in [0.3, 0.4) is 0 Å². The van der Waals surface area contributed by atoms with Crippen LogP contribution in [0.15, 0.2) is 4.52 Å². The summed E-state index contributed by atoms with van der Waals surface area (Å²) in [6, 6.07) is 0.555. The van der Waals surface area contributed by atoms with Crippen molar-refractivity contribution in [3.63, 3.8) is 0 Å². The van der Waals surface area contributed by atoms with Crippen molar-refractivity contribution in [1.29, 1.82) is 0 Å². The molecule has 1 aromatic heterocycles. The van der Waals surface area contributed by atoms with Gasteiger partial charge in [0, 0.05) is 13.0 Å². The number of nitrogens with one attached hydrogen (secondary N) is 1. The number of nitrogens with zero attached hydrogens (tertiary/aromatic N) is 2. The maximum absolute atomic E-state index is 4.94. The molecule has 2 rings (SSSR count). The van der Waals surface area contributed by atoms with Crippen molar-refractivity contribution < 1.29 is 4.52 Å². The van der Waals surface area contributed by atoms with Crippen molar-refractivity contribution in [2.45, 2.75) is 58.5 Å². The van der Waals surface area contributed by atoms with Gasteiger partial charge >= 0.3 is 0 Å². The number of hydrogen-bond acceptors (Lipinski definition) is 4. The fourth-order valence-corrected chi connectivity index (χ4v) is 2.47. The molecule has 0 saturated heterocycles. The van der Waals surface area contributed by atoms with Crippen LogP contribution in [0.25, 0.3) is 0 Å². The minimum Gasteiger partial charge on any atom is -0.340 e. The lowest BCUT2D eigenvalue weighted by Crippen LogP contribution is -2.34. The fourth-order valence-electron chi connectivity index (χ4n) is 2.47. The summed E-state index contributed by atoms with van der Waals surface area (Å²) in [7, 11) is 0. The summed E-state index contributed by atoms with van der Waals surface area (Å²) >= 11 is 0. The van der Waals surface area contributed by atoms with Gasteiger partial charge in [0.2, 0.25) is 5.89 Å². The van der Waals surface area contributed by atoms with Gasteiger partial charge in [-0.3, -0.25) is 0 Å². The van der Waals surface area contributed by atoms with Crippen molar-refractivity contribution >= 4 is 0 Å².